The van der Waals surface area contributed by atoms with Gasteiger partial charge in [-0.3, -0.25) is 0 Å². The molecule has 2 aromatic rings. The van der Waals surface area contributed by atoms with E-state index in [9.17, 15) is 13.2 Å². The lowest BCUT2D eigenvalue weighted by Crippen LogP contribution is -2.36. The molecule has 2 rings (SSSR count). The van der Waals surface area contributed by atoms with Gasteiger partial charge in [-0.2, -0.15) is 8.78 Å². The molecule has 0 aromatic heterocycles. The van der Waals surface area contributed by atoms with E-state index in [0.29, 0.717) is 23.8 Å². The molecule has 0 saturated carbocycles. The van der Waals surface area contributed by atoms with E-state index in [4.69, 9.17) is 4.74 Å². The highest BCUT2D eigenvalue weighted by molar-refractivity contribution is 14.0. The van der Waals surface area contributed by atoms with Gasteiger partial charge in [0.15, 0.2) is 5.96 Å². The smallest absolute Gasteiger partial charge is 0.387 e. The topological polar surface area (TPSA) is 54.9 Å². The molecule has 0 aliphatic carbocycles. The number of ether oxygens (including phenoxy) is 2. The van der Waals surface area contributed by atoms with Gasteiger partial charge in [0.25, 0.3) is 0 Å². The number of nitrogens with one attached hydrogen (secondary N) is 2. The number of halogens is 4. The van der Waals surface area contributed by atoms with Crippen LogP contribution in [0.25, 0.3) is 0 Å². The minimum atomic E-state index is -2.94. The number of benzene rings is 2. The summed E-state index contributed by atoms with van der Waals surface area (Å²) in [5.74, 6) is 0.590. The summed E-state index contributed by atoms with van der Waals surface area (Å²) in [6.07, 6.45) is 0. The van der Waals surface area contributed by atoms with Gasteiger partial charge in [-0.25, -0.2) is 9.38 Å². The number of hydrogen-bond donors (Lipinski definition) is 2. The molecule has 2 aromatic carbocycles. The van der Waals surface area contributed by atoms with Crippen molar-refractivity contribution in [3.63, 3.8) is 0 Å². The van der Waals surface area contributed by atoms with Gasteiger partial charge < -0.3 is 20.1 Å². The maximum absolute atomic E-state index is 13.3. The number of guanidine groups is 1. The first-order valence-corrected chi connectivity index (χ1v) is 8.40. The fourth-order valence-electron chi connectivity index (χ4n) is 2.34. The monoisotopic (exact) mass is 509 g/mol. The summed E-state index contributed by atoms with van der Waals surface area (Å²) < 4.78 is 48.2. The molecule has 0 atom stereocenters. The lowest BCUT2D eigenvalue weighted by Gasteiger charge is -2.15. The Labute approximate surface area is 179 Å². The molecule has 0 amide bonds. The van der Waals surface area contributed by atoms with Crippen LogP contribution in [-0.4, -0.2) is 26.2 Å². The van der Waals surface area contributed by atoms with Gasteiger partial charge >= 0.3 is 6.61 Å². The fourth-order valence-corrected chi connectivity index (χ4v) is 2.34. The molecule has 154 valence electrons. The number of methoxy groups -OCH3 is 1. The minimum absolute atomic E-state index is 0. The van der Waals surface area contributed by atoms with Crippen molar-refractivity contribution < 1.29 is 22.6 Å². The van der Waals surface area contributed by atoms with Crippen LogP contribution in [0.1, 0.15) is 18.1 Å². The number of nitrogens with zero attached hydrogens (tertiary/aromatic N) is 1. The second-order valence-electron chi connectivity index (χ2n) is 5.53. The van der Waals surface area contributed by atoms with Crippen molar-refractivity contribution in [2.24, 2.45) is 4.99 Å². The molecule has 5 nitrogen and oxygen atoms in total. The summed E-state index contributed by atoms with van der Waals surface area (Å²) in [5, 5.41) is 6.10. The predicted molar refractivity (Wildman–Crippen MR) is 113 cm³/mol. The summed E-state index contributed by atoms with van der Waals surface area (Å²) in [5.41, 5.74) is 1.24. The summed E-state index contributed by atoms with van der Waals surface area (Å²) in [4.78, 5) is 4.38. The Balaban J connectivity index is 0.00000392. The van der Waals surface area contributed by atoms with E-state index in [1.807, 2.05) is 6.92 Å². The standard InChI is InChI=1S/C19H22F3N3O2.HI/c1-3-23-19(24-11-13-5-4-6-15(20)9-13)25-12-14-7-8-16(26-2)10-17(14)27-18(21)22;/h4-10,18H,3,11-12H2,1-2H3,(H2,23,24,25);1H. The Kier molecular flexibility index (Phi) is 10.5. The summed E-state index contributed by atoms with van der Waals surface area (Å²) in [7, 11) is 1.45. The average molecular weight is 509 g/mol. The van der Waals surface area contributed by atoms with E-state index < -0.39 is 6.61 Å². The van der Waals surface area contributed by atoms with Gasteiger partial charge in [-0.15, -0.1) is 24.0 Å². The molecule has 0 fully saturated rings. The molecule has 28 heavy (non-hydrogen) atoms. The summed E-state index contributed by atoms with van der Waals surface area (Å²) >= 11 is 0. The third-order valence-electron chi connectivity index (χ3n) is 3.59. The van der Waals surface area contributed by atoms with Crippen molar-refractivity contribution in [1.29, 1.82) is 0 Å². The maximum Gasteiger partial charge on any atom is 0.387 e. The molecular weight excluding hydrogens is 486 g/mol. The third-order valence-corrected chi connectivity index (χ3v) is 3.59. The van der Waals surface area contributed by atoms with E-state index in [1.54, 1.807) is 24.3 Å². The van der Waals surface area contributed by atoms with Crippen LogP contribution < -0.4 is 20.1 Å². The van der Waals surface area contributed by atoms with Gasteiger partial charge in [0, 0.05) is 24.7 Å². The molecule has 0 aliphatic rings. The molecule has 9 heteroatoms. The first-order valence-electron chi connectivity index (χ1n) is 8.40. The van der Waals surface area contributed by atoms with Crippen LogP contribution in [-0.2, 0) is 13.1 Å². The SMILES string of the molecule is CCNC(=NCc1cccc(F)c1)NCc1ccc(OC)cc1OC(F)F.I. The highest BCUT2D eigenvalue weighted by Crippen LogP contribution is 2.26. The maximum atomic E-state index is 13.3. The van der Waals surface area contributed by atoms with Crippen molar-refractivity contribution >= 4 is 29.9 Å². The lowest BCUT2D eigenvalue weighted by molar-refractivity contribution is -0.0505. The molecule has 2 N–H and O–H groups in total. The Hall–Kier alpha value is -2.17. The van der Waals surface area contributed by atoms with Crippen LogP contribution in [0.2, 0.25) is 0 Å². The van der Waals surface area contributed by atoms with E-state index in [0.717, 1.165) is 5.56 Å². The fraction of sp³-hybridized carbons (Fsp3) is 0.316. The van der Waals surface area contributed by atoms with Gasteiger partial charge in [0.1, 0.15) is 17.3 Å². The molecule has 0 heterocycles. The quantitative estimate of drug-likeness (QED) is 0.317. The Morgan fingerprint density at radius 3 is 2.57 bits per heavy atom. The molecule has 0 unspecified atom stereocenters. The zero-order valence-electron chi connectivity index (χ0n) is 15.5. The third kappa shape index (κ3) is 7.83. The van der Waals surface area contributed by atoms with E-state index >= 15 is 0 Å². The van der Waals surface area contributed by atoms with E-state index in [2.05, 4.69) is 20.4 Å². The van der Waals surface area contributed by atoms with Crippen molar-refractivity contribution in [2.45, 2.75) is 26.6 Å². The largest absolute Gasteiger partial charge is 0.497 e. The summed E-state index contributed by atoms with van der Waals surface area (Å²) in [6, 6.07) is 10.9. The van der Waals surface area contributed by atoms with E-state index in [-0.39, 0.29) is 48.6 Å². The molecule has 0 spiro atoms. The van der Waals surface area contributed by atoms with Crippen LogP contribution in [0, 0.1) is 5.82 Å². The Morgan fingerprint density at radius 2 is 1.93 bits per heavy atom. The molecule has 0 aliphatic heterocycles. The van der Waals surface area contributed by atoms with Gasteiger partial charge in [-0.05, 0) is 36.8 Å². The van der Waals surface area contributed by atoms with Gasteiger partial charge in [0.2, 0.25) is 0 Å². The van der Waals surface area contributed by atoms with Gasteiger partial charge in [0.05, 0.1) is 13.7 Å². The molecule has 0 saturated heterocycles. The second kappa shape index (κ2) is 12.3. The van der Waals surface area contributed by atoms with Crippen molar-refractivity contribution in [2.75, 3.05) is 13.7 Å². The highest BCUT2D eigenvalue weighted by Gasteiger charge is 2.12. The van der Waals surface area contributed by atoms with E-state index in [1.165, 1.54) is 25.3 Å². The molecular formula is C19H23F3IN3O2. The first-order chi connectivity index (χ1) is 13.0. The Bertz CT molecular complexity index is 776. The molecule has 0 radical (unpaired) electrons. The second-order valence-corrected chi connectivity index (χ2v) is 5.53. The van der Waals surface area contributed by atoms with Crippen LogP contribution in [0.5, 0.6) is 11.5 Å². The normalized spacial score (nSPS) is 11.0. The lowest BCUT2D eigenvalue weighted by atomic mass is 10.2. The van der Waals surface area contributed by atoms with Crippen LogP contribution in [0.3, 0.4) is 0 Å². The molecule has 0 bridgehead atoms. The number of alkyl halides is 2. The van der Waals surface area contributed by atoms with Crippen molar-refractivity contribution in [1.82, 2.24) is 10.6 Å². The van der Waals surface area contributed by atoms with Crippen LogP contribution >= 0.6 is 24.0 Å². The van der Waals surface area contributed by atoms with Gasteiger partial charge in [-0.1, -0.05) is 12.1 Å². The zero-order chi connectivity index (χ0) is 19.6. The predicted octanol–water partition coefficient (Wildman–Crippen LogP) is 4.31. The Morgan fingerprint density at radius 1 is 1.14 bits per heavy atom. The number of rotatable bonds is 8. The average Bonchev–Trinajstić information content (AvgIpc) is 2.64. The van der Waals surface area contributed by atoms with Crippen molar-refractivity contribution in [3.05, 3.63) is 59.4 Å². The van der Waals surface area contributed by atoms with Crippen LogP contribution in [0.4, 0.5) is 13.2 Å². The summed E-state index contributed by atoms with van der Waals surface area (Å²) in [6.45, 7) is 0.0541. The van der Waals surface area contributed by atoms with Crippen LogP contribution in [0.15, 0.2) is 47.5 Å². The minimum Gasteiger partial charge on any atom is -0.497 e. The number of aliphatic imine (C=N–C) groups is 1. The highest BCUT2D eigenvalue weighted by atomic mass is 127. The first kappa shape index (κ1) is 23.9. The van der Waals surface area contributed by atoms with Crippen molar-refractivity contribution in [3.8, 4) is 11.5 Å². The number of hydrogen-bond acceptors (Lipinski definition) is 3. The zero-order valence-corrected chi connectivity index (χ0v) is 17.9.